The predicted molar refractivity (Wildman–Crippen MR) is 91.5 cm³/mol. The van der Waals surface area contributed by atoms with Crippen LogP contribution < -0.4 is 5.32 Å². The second-order valence-electron chi connectivity index (χ2n) is 4.99. The number of aromatic amines is 1. The quantitative estimate of drug-likeness (QED) is 0.697. The molecule has 1 amide bonds. The van der Waals surface area contributed by atoms with Crippen LogP contribution in [0, 0.1) is 4.77 Å². The fraction of sp³-hybridized carbons (Fsp3) is 0.200. The molecule has 3 heterocycles. The van der Waals surface area contributed by atoms with Gasteiger partial charge in [0.1, 0.15) is 6.54 Å². The largest absolute Gasteiger partial charge is 0.348 e. The third-order valence-electron chi connectivity index (χ3n) is 3.36. The minimum atomic E-state index is -0.128. The summed E-state index contributed by atoms with van der Waals surface area (Å²) in [6.45, 7) is 2.04. The van der Waals surface area contributed by atoms with Crippen LogP contribution in [0.25, 0.3) is 10.7 Å². The van der Waals surface area contributed by atoms with E-state index in [9.17, 15) is 4.79 Å². The first-order valence-corrected chi connectivity index (χ1v) is 8.32. The van der Waals surface area contributed by atoms with E-state index < -0.39 is 0 Å². The van der Waals surface area contributed by atoms with E-state index in [0.717, 1.165) is 10.4 Å². The molecule has 0 fully saturated rings. The van der Waals surface area contributed by atoms with Gasteiger partial charge in [0.25, 0.3) is 0 Å². The number of hydrogen-bond donors (Lipinski definition) is 2. The zero-order valence-electron chi connectivity index (χ0n) is 12.4. The Morgan fingerprint density at radius 1 is 1.48 bits per heavy atom. The van der Waals surface area contributed by atoms with Crippen molar-refractivity contribution in [2.24, 2.45) is 0 Å². The molecule has 118 valence electrons. The zero-order valence-corrected chi connectivity index (χ0v) is 14.0. The van der Waals surface area contributed by atoms with Crippen LogP contribution >= 0.6 is 23.6 Å². The standard InChI is InChI=1S/C15H15N5OS2/c1-10(11-4-2-6-16-8-11)17-13(21)9-20-14(18-19-15(20)22)12-5-3-7-23-12/h2-8,10H,9H2,1H3,(H,17,21)(H,19,22). The number of nitrogens with zero attached hydrogens (tertiary/aromatic N) is 3. The molecule has 0 aliphatic rings. The monoisotopic (exact) mass is 345 g/mol. The molecule has 2 N–H and O–H groups in total. The van der Waals surface area contributed by atoms with Crippen molar-refractivity contribution in [3.63, 3.8) is 0 Å². The maximum absolute atomic E-state index is 12.3. The van der Waals surface area contributed by atoms with Gasteiger partial charge < -0.3 is 5.32 Å². The Labute approximate surface area is 142 Å². The van der Waals surface area contributed by atoms with Crippen molar-refractivity contribution in [1.29, 1.82) is 0 Å². The smallest absolute Gasteiger partial charge is 0.240 e. The minimum Gasteiger partial charge on any atom is -0.348 e. The molecule has 0 radical (unpaired) electrons. The highest BCUT2D eigenvalue weighted by molar-refractivity contribution is 7.71. The summed E-state index contributed by atoms with van der Waals surface area (Å²) in [6, 6.07) is 7.54. The van der Waals surface area contributed by atoms with E-state index >= 15 is 0 Å². The van der Waals surface area contributed by atoms with E-state index in [2.05, 4.69) is 20.5 Å². The third-order valence-corrected chi connectivity index (χ3v) is 4.54. The maximum Gasteiger partial charge on any atom is 0.240 e. The van der Waals surface area contributed by atoms with Crippen molar-refractivity contribution in [2.45, 2.75) is 19.5 Å². The predicted octanol–water partition coefficient (Wildman–Crippen LogP) is 2.94. The molecular formula is C15H15N5OS2. The second kappa shape index (κ2) is 6.84. The molecule has 1 atom stereocenters. The Balaban J connectivity index is 1.74. The van der Waals surface area contributed by atoms with Gasteiger partial charge in [-0.25, -0.2) is 0 Å². The molecule has 0 aliphatic heterocycles. The van der Waals surface area contributed by atoms with E-state index in [-0.39, 0.29) is 18.5 Å². The average Bonchev–Trinajstić information content (AvgIpc) is 3.19. The van der Waals surface area contributed by atoms with Gasteiger partial charge in [-0.2, -0.15) is 5.10 Å². The Morgan fingerprint density at radius 3 is 3.04 bits per heavy atom. The van der Waals surface area contributed by atoms with Gasteiger partial charge in [-0.15, -0.1) is 11.3 Å². The van der Waals surface area contributed by atoms with Crippen LogP contribution in [0.1, 0.15) is 18.5 Å². The highest BCUT2D eigenvalue weighted by Gasteiger charge is 2.15. The summed E-state index contributed by atoms with van der Waals surface area (Å²) in [5.74, 6) is 0.547. The van der Waals surface area contributed by atoms with Gasteiger partial charge in [-0.3, -0.25) is 19.4 Å². The first-order valence-electron chi connectivity index (χ1n) is 7.03. The van der Waals surface area contributed by atoms with Gasteiger partial charge >= 0.3 is 0 Å². The third kappa shape index (κ3) is 3.54. The molecule has 0 aliphatic carbocycles. The molecule has 0 aromatic carbocycles. The number of hydrogen-bond acceptors (Lipinski definition) is 5. The maximum atomic E-state index is 12.3. The molecule has 0 saturated heterocycles. The molecule has 23 heavy (non-hydrogen) atoms. The van der Waals surface area contributed by atoms with Crippen molar-refractivity contribution in [1.82, 2.24) is 25.1 Å². The molecule has 3 aromatic heterocycles. The number of carbonyl (C=O) groups is 1. The lowest BCUT2D eigenvalue weighted by atomic mass is 10.1. The van der Waals surface area contributed by atoms with Gasteiger partial charge in [0.2, 0.25) is 5.91 Å². The van der Waals surface area contributed by atoms with Gasteiger partial charge in [0, 0.05) is 12.4 Å². The lowest BCUT2D eigenvalue weighted by molar-refractivity contribution is -0.122. The number of carbonyl (C=O) groups excluding carboxylic acids is 1. The number of H-pyrrole nitrogens is 1. The minimum absolute atomic E-state index is 0.118. The Kier molecular flexibility index (Phi) is 4.63. The van der Waals surface area contributed by atoms with E-state index in [1.807, 2.05) is 36.6 Å². The van der Waals surface area contributed by atoms with E-state index in [0.29, 0.717) is 10.6 Å². The summed E-state index contributed by atoms with van der Waals surface area (Å²) in [4.78, 5) is 17.4. The lowest BCUT2D eigenvalue weighted by Gasteiger charge is -2.14. The van der Waals surface area contributed by atoms with Crippen LogP contribution in [0.2, 0.25) is 0 Å². The summed E-state index contributed by atoms with van der Waals surface area (Å²) < 4.78 is 2.13. The number of thiophene rings is 1. The molecule has 1 unspecified atom stereocenters. The highest BCUT2D eigenvalue weighted by Crippen LogP contribution is 2.22. The van der Waals surface area contributed by atoms with Crippen molar-refractivity contribution < 1.29 is 4.79 Å². The van der Waals surface area contributed by atoms with Crippen molar-refractivity contribution in [2.75, 3.05) is 0 Å². The molecule has 0 bridgehead atoms. The number of pyridine rings is 1. The number of nitrogens with one attached hydrogen (secondary N) is 2. The summed E-state index contributed by atoms with van der Waals surface area (Å²) in [7, 11) is 0. The van der Waals surface area contributed by atoms with E-state index in [4.69, 9.17) is 12.2 Å². The number of amides is 1. The Bertz CT molecular complexity index is 838. The normalized spacial score (nSPS) is 12.0. The first-order chi connectivity index (χ1) is 11.1. The van der Waals surface area contributed by atoms with Crippen LogP contribution in [0.4, 0.5) is 0 Å². The second-order valence-corrected chi connectivity index (χ2v) is 6.33. The fourth-order valence-corrected chi connectivity index (χ4v) is 3.12. The summed E-state index contributed by atoms with van der Waals surface area (Å²) in [5, 5.41) is 11.9. The molecule has 0 spiro atoms. The van der Waals surface area contributed by atoms with Gasteiger partial charge in [0.15, 0.2) is 10.6 Å². The van der Waals surface area contributed by atoms with Gasteiger partial charge in [-0.05, 0) is 42.2 Å². The van der Waals surface area contributed by atoms with Crippen molar-refractivity contribution in [3.8, 4) is 10.7 Å². The van der Waals surface area contributed by atoms with Crippen LogP contribution in [0.15, 0.2) is 42.0 Å². The molecule has 3 aromatic rings. The summed E-state index contributed by atoms with van der Waals surface area (Å²) in [6.07, 6.45) is 3.45. The number of rotatable bonds is 5. The Morgan fingerprint density at radius 2 is 2.35 bits per heavy atom. The first kappa shape index (κ1) is 15.6. The lowest BCUT2D eigenvalue weighted by Crippen LogP contribution is -2.30. The SMILES string of the molecule is CC(NC(=O)Cn1c(-c2cccs2)n[nH]c1=S)c1cccnc1. The van der Waals surface area contributed by atoms with Crippen LogP contribution in [0.3, 0.4) is 0 Å². The molecule has 3 rings (SSSR count). The molecule has 6 nitrogen and oxygen atoms in total. The van der Waals surface area contributed by atoms with E-state index in [1.54, 1.807) is 28.3 Å². The van der Waals surface area contributed by atoms with Crippen LogP contribution in [-0.4, -0.2) is 25.7 Å². The Hall–Kier alpha value is -2.32. The molecule has 8 heteroatoms. The summed E-state index contributed by atoms with van der Waals surface area (Å²) >= 11 is 6.78. The topological polar surface area (TPSA) is 75.6 Å². The molecular weight excluding hydrogens is 330 g/mol. The average molecular weight is 345 g/mol. The van der Waals surface area contributed by atoms with Crippen LogP contribution in [-0.2, 0) is 11.3 Å². The van der Waals surface area contributed by atoms with Gasteiger partial charge in [0.05, 0.1) is 10.9 Å². The van der Waals surface area contributed by atoms with Crippen molar-refractivity contribution in [3.05, 3.63) is 52.4 Å². The van der Waals surface area contributed by atoms with Crippen molar-refractivity contribution >= 4 is 29.5 Å². The zero-order chi connectivity index (χ0) is 16.2. The summed E-state index contributed by atoms with van der Waals surface area (Å²) in [5.41, 5.74) is 0.954. The molecule has 0 saturated carbocycles. The number of aromatic nitrogens is 4. The van der Waals surface area contributed by atoms with Crippen LogP contribution in [0.5, 0.6) is 0 Å². The fourth-order valence-electron chi connectivity index (χ4n) is 2.20. The van der Waals surface area contributed by atoms with Gasteiger partial charge in [-0.1, -0.05) is 12.1 Å². The van der Waals surface area contributed by atoms with E-state index in [1.165, 1.54) is 0 Å². The highest BCUT2D eigenvalue weighted by atomic mass is 32.1.